The topological polar surface area (TPSA) is 97.1 Å². The predicted octanol–water partition coefficient (Wildman–Crippen LogP) is 0.931. The number of nitrogens with one attached hydrogen (secondary N) is 2. The van der Waals surface area contributed by atoms with Crippen molar-refractivity contribution < 1.29 is 8.42 Å². The second-order valence-electron chi connectivity index (χ2n) is 4.34. The first-order valence-electron chi connectivity index (χ1n) is 6.16. The Bertz CT molecular complexity index is 515. The van der Waals surface area contributed by atoms with Crippen molar-refractivity contribution in [3.63, 3.8) is 0 Å². The smallest absolute Gasteiger partial charge is 0.260 e. The van der Waals surface area contributed by atoms with Crippen LogP contribution in [0.5, 0.6) is 0 Å². The fourth-order valence-corrected chi connectivity index (χ4v) is 4.47. The van der Waals surface area contributed by atoms with Crippen molar-refractivity contribution >= 4 is 27.5 Å². The van der Waals surface area contributed by atoms with Crippen LogP contribution in [0, 0.1) is 0 Å². The Morgan fingerprint density at radius 2 is 2.32 bits per heavy atom. The van der Waals surface area contributed by atoms with Crippen LogP contribution < -0.4 is 16.0 Å². The number of nitrogens with zero attached hydrogens (tertiary/aromatic N) is 1. The minimum atomic E-state index is -3.62. The number of hydrazine groups is 1. The quantitative estimate of drug-likeness (QED) is 0.553. The number of hydrogen-bond donors (Lipinski definition) is 3. The molecular weight excluding hydrogens is 284 g/mol. The number of sulfonamides is 1. The molecule has 0 spiro atoms. The van der Waals surface area contributed by atoms with Gasteiger partial charge in [-0.2, -0.15) is 11.8 Å². The van der Waals surface area contributed by atoms with Gasteiger partial charge in [-0.25, -0.2) is 18.1 Å². The zero-order valence-corrected chi connectivity index (χ0v) is 12.1. The van der Waals surface area contributed by atoms with Crippen molar-refractivity contribution in [3.8, 4) is 0 Å². The molecule has 1 atom stereocenters. The number of thioether (sulfide) groups is 1. The van der Waals surface area contributed by atoms with Gasteiger partial charge < -0.3 is 5.43 Å². The standard InChI is InChI=1S/C11H18N4O2S2/c12-15-10-5-3-6-13-11(10)19(16,17)14-8-9-4-1-2-7-18-9/h3,5-6,9,14-15H,1-2,4,7-8,12H2. The van der Waals surface area contributed by atoms with Crippen LogP contribution in [0.15, 0.2) is 23.4 Å². The van der Waals surface area contributed by atoms with Crippen LogP contribution in [-0.2, 0) is 10.0 Å². The Morgan fingerprint density at radius 3 is 3.00 bits per heavy atom. The SMILES string of the molecule is NNc1cccnc1S(=O)(=O)NCC1CCCCS1. The number of anilines is 1. The Balaban J connectivity index is 2.05. The summed E-state index contributed by atoms with van der Waals surface area (Å²) in [7, 11) is -3.62. The zero-order chi connectivity index (χ0) is 13.7. The summed E-state index contributed by atoms with van der Waals surface area (Å²) in [4.78, 5) is 3.89. The lowest BCUT2D eigenvalue weighted by molar-refractivity contribution is 0.570. The molecule has 19 heavy (non-hydrogen) atoms. The summed E-state index contributed by atoms with van der Waals surface area (Å²) in [5.74, 6) is 6.40. The van der Waals surface area contributed by atoms with E-state index in [9.17, 15) is 8.42 Å². The maximum Gasteiger partial charge on any atom is 0.260 e. The molecule has 2 heterocycles. The van der Waals surface area contributed by atoms with E-state index in [2.05, 4.69) is 15.1 Å². The molecule has 6 nitrogen and oxygen atoms in total. The van der Waals surface area contributed by atoms with Gasteiger partial charge in [-0.05, 0) is 30.7 Å². The highest BCUT2D eigenvalue weighted by atomic mass is 32.2. The lowest BCUT2D eigenvalue weighted by atomic mass is 10.2. The molecule has 1 aromatic rings. The van der Waals surface area contributed by atoms with Gasteiger partial charge in [-0.15, -0.1) is 0 Å². The number of nitrogen functional groups attached to an aromatic ring is 1. The minimum Gasteiger partial charge on any atom is -0.321 e. The molecule has 1 unspecified atom stereocenters. The largest absolute Gasteiger partial charge is 0.321 e. The Hall–Kier alpha value is -0.830. The van der Waals surface area contributed by atoms with Gasteiger partial charge in [-0.1, -0.05) is 6.42 Å². The third-order valence-corrected chi connectivity index (χ3v) is 5.74. The first-order valence-corrected chi connectivity index (χ1v) is 8.69. The molecule has 1 fully saturated rings. The van der Waals surface area contributed by atoms with Crippen molar-refractivity contribution in [3.05, 3.63) is 18.3 Å². The minimum absolute atomic E-state index is 0.0571. The number of rotatable bonds is 5. The molecule has 0 saturated carbocycles. The molecule has 0 aromatic carbocycles. The number of hydrogen-bond acceptors (Lipinski definition) is 6. The highest BCUT2D eigenvalue weighted by molar-refractivity contribution is 8.00. The Morgan fingerprint density at radius 1 is 1.47 bits per heavy atom. The van der Waals surface area contributed by atoms with Crippen LogP contribution in [-0.4, -0.2) is 30.9 Å². The van der Waals surface area contributed by atoms with E-state index in [0.29, 0.717) is 17.5 Å². The summed E-state index contributed by atoms with van der Waals surface area (Å²) >= 11 is 1.82. The summed E-state index contributed by atoms with van der Waals surface area (Å²) in [6, 6.07) is 3.21. The van der Waals surface area contributed by atoms with E-state index < -0.39 is 10.0 Å². The Kier molecular flexibility index (Phi) is 5.03. The van der Waals surface area contributed by atoms with Crippen molar-refractivity contribution in [2.75, 3.05) is 17.7 Å². The van der Waals surface area contributed by atoms with E-state index in [0.717, 1.165) is 12.2 Å². The summed E-state index contributed by atoms with van der Waals surface area (Å²) < 4.78 is 27.0. The van der Waals surface area contributed by atoms with Crippen LogP contribution in [0.2, 0.25) is 0 Å². The summed E-state index contributed by atoms with van der Waals surface area (Å²) in [6.07, 6.45) is 4.87. The molecule has 2 rings (SSSR count). The van der Waals surface area contributed by atoms with Crippen LogP contribution in [0.4, 0.5) is 5.69 Å². The first kappa shape index (κ1) is 14.6. The molecule has 4 N–H and O–H groups in total. The molecule has 0 amide bonds. The van der Waals surface area contributed by atoms with Crippen LogP contribution in [0.25, 0.3) is 0 Å². The van der Waals surface area contributed by atoms with Crippen LogP contribution >= 0.6 is 11.8 Å². The monoisotopic (exact) mass is 302 g/mol. The lowest BCUT2D eigenvalue weighted by Crippen LogP contribution is -2.33. The first-order chi connectivity index (χ1) is 9.13. The van der Waals surface area contributed by atoms with Gasteiger partial charge >= 0.3 is 0 Å². The normalized spacial score (nSPS) is 20.2. The van der Waals surface area contributed by atoms with Crippen molar-refractivity contribution in [2.24, 2.45) is 5.84 Å². The van der Waals surface area contributed by atoms with Gasteiger partial charge in [0.2, 0.25) is 0 Å². The van der Waals surface area contributed by atoms with Gasteiger partial charge in [0, 0.05) is 18.0 Å². The van der Waals surface area contributed by atoms with Crippen LogP contribution in [0.3, 0.4) is 0 Å². The molecule has 0 bridgehead atoms. The second kappa shape index (κ2) is 6.56. The average Bonchev–Trinajstić information content (AvgIpc) is 2.46. The van der Waals surface area contributed by atoms with Gasteiger partial charge in [0.05, 0.1) is 5.69 Å². The molecular formula is C11H18N4O2S2. The van der Waals surface area contributed by atoms with Crippen molar-refractivity contribution in [1.82, 2.24) is 9.71 Å². The van der Waals surface area contributed by atoms with E-state index in [4.69, 9.17) is 5.84 Å². The van der Waals surface area contributed by atoms with E-state index in [1.54, 1.807) is 12.1 Å². The molecule has 1 saturated heterocycles. The van der Waals surface area contributed by atoms with E-state index >= 15 is 0 Å². The molecule has 0 aliphatic carbocycles. The maximum atomic E-state index is 12.2. The summed E-state index contributed by atoms with van der Waals surface area (Å²) in [5, 5.41) is 0.292. The van der Waals surface area contributed by atoms with Crippen LogP contribution in [0.1, 0.15) is 19.3 Å². The predicted molar refractivity (Wildman–Crippen MR) is 77.3 cm³/mol. The molecule has 0 radical (unpaired) electrons. The maximum absolute atomic E-state index is 12.2. The third kappa shape index (κ3) is 3.82. The molecule has 1 aromatic heterocycles. The average molecular weight is 302 g/mol. The van der Waals surface area contributed by atoms with Gasteiger partial charge in [-0.3, -0.25) is 5.84 Å². The second-order valence-corrected chi connectivity index (χ2v) is 7.43. The van der Waals surface area contributed by atoms with Gasteiger partial charge in [0.15, 0.2) is 5.03 Å². The highest BCUT2D eigenvalue weighted by Gasteiger charge is 2.22. The van der Waals surface area contributed by atoms with Crippen molar-refractivity contribution in [1.29, 1.82) is 0 Å². The van der Waals surface area contributed by atoms with E-state index in [-0.39, 0.29) is 5.03 Å². The number of pyridine rings is 1. The zero-order valence-electron chi connectivity index (χ0n) is 10.5. The summed E-state index contributed by atoms with van der Waals surface area (Å²) in [5.41, 5.74) is 2.65. The molecule has 1 aliphatic heterocycles. The van der Waals surface area contributed by atoms with Gasteiger partial charge in [0.1, 0.15) is 0 Å². The fraction of sp³-hybridized carbons (Fsp3) is 0.545. The molecule has 106 valence electrons. The van der Waals surface area contributed by atoms with Gasteiger partial charge in [0.25, 0.3) is 10.0 Å². The van der Waals surface area contributed by atoms with Crippen molar-refractivity contribution in [2.45, 2.75) is 29.5 Å². The Labute approximate surface area is 117 Å². The third-order valence-electron chi connectivity index (χ3n) is 2.96. The molecule has 1 aliphatic rings. The summed E-state index contributed by atoms with van der Waals surface area (Å²) in [6.45, 7) is 0.438. The van der Waals surface area contributed by atoms with E-state index in [1.807, 2.05) is 11.8 Å². The lowest BCUT2D eigenvalue weighted by Gasteiger charge is -2.21. The molecule has 8 heteroatoms. The van der Waals surface area contributed by atoms with E-state index in [1.165, 1.54) is 19.0 Å². The fourth-order valence-electron chi connectivity index (χ4n) is 1.95. The number of aromatic nitrogens is 1. The highest BCUT2D eigenvalue weighted by Crippen LogP contribution is 2.25. The number of nitrogens with two attached hydrogens (primary N) is 1.